The Morgan fingerprint density at radius 3 is 2.39 bits per heavy atom. The number of hydrogen-bond acceptors (Lipinski definition) is 9. The van der Waals surface area contributed by atoms with Gasteiger partial charge in [-0.1, -0.05) is 30.3 Å². The van der Waals surface area contributed by atoms with Gasteiger partial charge in [0, 0.05) is 12.8 Å². The molecular weight excluding hydrogens is 458 g/mol. The molecule has 2 amide bonds. The van der Waals surface area contributed by atoms with Crippen molar-refractivity contribution in [3.05, 3.63) is 35.9 Å². The van der Waals surface area contributed by atoms with Gasteiger partial charge in [-0.15, -0.1) is 0 Å². The van der Waals surface area contributed by atoms with Gasteiger partial charge in [-0.2, -0.15) is 8.42 Å². The van der Waals surface area contributed by atoms with Gasteiger partial charge < -0.3 is 14.9 Å². The minimum Gasteiger partial charge on any atom is -0.450 e. The molecular formula is C16H16N2Na2O10S+2. The number of ether oxygens (including phenoxy) is 1. The van der Waals surface area contributed by atoms with Crippen LogP contribution in [0.5, 0.6) is 0 Å². The van der Waals surface area contributed by atoms with E-state index in [1.807, 2.05) is 0 Å². The van der Waals surface area contributed by atoms with Crippen LogP contribution in [0.2, 0.25) is 0 Å². The molecule has 15 heteroatoms. The van der Waals surface area contributed by atoms with Crippen LogP contribution in [0.25, 0.3) is 0 Å². The molecule has 3 unspecified atom stereocenters. The van der Waals surface area contributed by atoms with Crippen LogP contribution in [-0.4, -0.2) is 60.7 Å². The van der Waals surface area contributed by atoms with Gasteiger partial charge in [0.25, 0.3) is 10.1 Å². The molecule has 0 spiro atoms. The third kappa shape index (κ3) is 6.97. The molecule has 2 heterocycles. The second-order valence-electron chi connectivity index (χ2n) is 6.19. The van der Waals surface area contributed by atoms with E-state index in [-0.39, 0.29) is 82.7 Å². The van der Waals surface area contributed by atoms with Crippen LogP contribution in [0, 0.1) is 0 Å². The molecule has 12 nitrogen and oxygen atoms in total. The van der Waals surface area contributed by atoms with Crippen LogP contribution >= 0.6 is 0 Å². The van der Waals surface area contributed by atoms with E-state index < -0.39 is 57.9 Å². The van der Waals surface area contributed by atoms with Crippen LogP contribution in [0.3, 0.4) is 0 Å². The van der Waals surface area contributed by atoms with Crippen LogP contribution < -0.4 is 64.4 Å². The summed E-state index contributed by atoms with van der Waals surface area (Å²) in [5.74, 6) is -3.77. The predicted molar refractivity (Wildman–Crippen MR) is 90.7 cm³/mol. The van der Waals surface area contributed by atoms with Crippen molar-refractivity contribution in [3.8, 4) is 0 Å². The first-order chi connectivity index (χ1) is 13.7. The van der Waals surface area contributed by atoms with Gasteiger partial charge in [-0.3, -0.25) is 18.9 Å². The number of carbonyl (C=O) groups excluding carboxylic acids is 4. The first-order valence-corrected chi connectivity index (χ1v) is 9.87. The quantitative estimate of drug-likeness (QED) is 0.230. The number of nitrogens with zero attached hydrogens (tertiary/aromatic N) is 1. The minimum atomic E-state index is -4.84. The number of nitrogens with one attached hydrogen (secondary N) is 1. The number of carbonyl (C=O) groups is 4. The van der Waals surface area contributed by atoms with E-state index in [2.05, 4.69) is 5.32 Å². The number of amides is 2. The van der Waals surface area contributed by atoms with E-state index in [9.17, 15) is 32.1 Å². The Morgan fingerprint density at radius 2 is 1.84 bits per heavy atom. The SMILES string of the molecule is O=C1CCC(C(=O)ON2OCC(NC(=O)C(c3ccccc3)S(=O)(=O)O)C2=O)O1.[Na+].[Na+]. The summed E-state index contributed by atoms with van der Waals surface area (Å²) in [6.45, 7) is -0.449. The molecule has 0 saturated carbocycles. The zero-order chi connectivity index (χ0) is 21.2. The summed E-state index contributed by atoms with van der Waals surface area (Å²) < 4.78 is 37.5. The monoisotopic (exact) mass is 474 g/mol. The van der Waals surface area contributed by atoms with Crippen LogP contribution in [-0.2, 0) is 43.7 Å². The van der Waals surface area contributed by atoms with Gasteiger partial charge in [0.1, 0.15) is 12.6 Å². The number of benzene rings is 1. The molecule has 156 valence electrons. The summed E-state index contributed by atoms with van der Waals surface area (Å²) in [6, 6.07) is 5.81. The van der Waals surface area contributed by atoms with E-state index in [1.54, 1.807) is 6.07 Å². The Bertz CT molecular complexity index is 943. The Kier molecular flexibility index (Phi) is 10.6. The first-order valence-electron chi connectivity index (χ1n) is 8.36. The third-order valence-corrected chi connectivity index (χ3v) is 5.19. The fourth-order valence-electron chi connectivity index (χ4n) is 2.74. The van der Waals surface area contributed by atoms with E-state index in [1.165, 1.54) is 24.3 Å². The van der Waals surface area contributed by atoms with Crippen molar-refractivity contribution in [1.82, 2.24) is 10.5 Å². The summed E-state index contributed by atoms with van der Waals surface area (Å²) in [5, 5.41) is 0.403. The molecule has 1 aromatic carbocycles. The standard InChI is InChI=1S/C16H16N2O10S.2Na/c19-12-7-6-11(27-12)16(22)28-18-15(21)10(8-26-18)17-14(20)13(29(23,24)25)9-4-2-1-3-5-9;;/h1-5,10-11,13H,6-8H2,(H,17,20)(H,23,24,25);;/q;2*+1. The van der Waals surface area contributed by atoms with E-state index in [4.69, 9.17) is 14.4 Å². The summed E-state index contributed by atoms with van der Waals surface area (Å²) in [5.41, 5.74) is -0.00908. The fraction of sp³-hybridized carbons (Fsp3) is 0.375. The van der Waals surface area contributed by atoms with Gasteiger partial charge >= 0.3 is 77.0 Å². The summed E-state index contributed by atoms with van der Waals surface area (Å²) in [6.07, 6.45) is -1.05. The Balaban J connectivity index is 0.00000240. The number of hydroxylamine groups is 2. The van der Waals surface area contributed by atoms with Crippen LogP contribution in [0.15, 0.2) is 30.3 Å². The number of hydrogen-bond donors (Lipinski definition) is 2. The molecule has 1 aromatic rings. The molecule has 3 rings (SSSR count). The van der Waals surface area contributed by atoms with Gasteiger partial charge in [-0.05, 0) is 10.8 Å². The van der Waals surface area contributed by atoms with Gasteiger partial charge in [0.15, 0.2) is 5.25 Å². The first kappa shape index (κ1) is 28.0. The van der Waals surface area contributed by atoms with Crippen LogP contribution in [0.4, 0.5) is 0 Å². The Morgan fingerprint density at radius 1 is 1.19 bits per heavy atom. The van der Waals surface area contributed by atoms with Gasteiger partial charge in [0.2, 0.25) is 12.0 Å². The zero-order valence-corrected chi connectivity index (χ0v) is 21.5. The molecule has 2 aliphatic heterocycles. The van der Waals surface area contributed by atoms with E-state index >= 15 is 0 Å². The van der Waals surface area contributed by atoms with Crippen molar-refractivity contribution < 1.29 is 106 Å². The number of esters is 1. The molecule has 3 atom stereocenters. The largest absolute Gasteiger partial charge is 1.00 e. The molecule has 0 aromatic heterocycles. The minimum absolute atomic E-state index is 0. The second-order valence-corrected chi connectivity index (χ2v) is 7.69. The maximum Gasteiger partial charge on any atom is 1.00 e. The maximum atomic E-state index is 12.4. The van der Waals surface area contributed by atoms with Crippen molar-refractivity contribution in [1.29, 1.82) is 0 Å². The molecule has 2 aliphatic rings. The molecule has 31 heavy (non-hydrogen) atoms. The van der Waals surface area contributed by atoms with Crippen molar-refractivity contribution in [2.24, 2.45) is 0 Å². The predicted octanol–water partition coefficient (Wildman–Crippen LogP) is -6.95. The number of cyclic esters (lactones) is 1. The zero-order valence-electron chi connectivity index (χ0n) is 16.7. The summed E-state index contributed by atoms with van der Waals surface area (Å²) in [7, 11) is -4.84. The van der Waals surface area contributed by atoms with Gasteiger partial charge in [-0.25, -0.2) is 9.63 Å². The third-order valence-electron chi connectivity index (χ3n) is 4.11. The average molecular weight is 474 g/mol. The van der Waals surface area contributed by atoms with Crippen molar-refractivity contribution >= 4 is 33.9 Å². The summed E-state index contributed by atoms with van der Waals surface area (Å²) >= 11 is 0. The van der Waals surface area contributed by atoms with E-state index in [0.29, 0.717) is 0 Å². The molecule has 2 N–H and O–H groups in total. The molecule has 0 aliphatic carbocycles. The molecule has 2 saturated heterocycles. The second kappa shape index (κ2) is 11.7. The molecule has 0 bridgehead atoms. The average Bonchev–Trinajstić information content (AvgIpc) is 3.22. The Labute approximate surface area is 221 Å². The van der Waals surface area contributed by atoms with Crippen molar-refractivity contribution in [2.45, 2.75) is 30.2 Å². The summed E-state index contributed by atoms with van der Waals surface area (Å²) in [4.78, 5) is 57.2. The number of rotatable bonds is 6. The maximum absolute atomic E-state index is 12.4. The topological polar surface area (TPSA) is 166 Å². The smallest absolute Gasteiger partial charge is 0.450 e. The fourth-order valence-corrected chi connectivity index (χ4v) is 3.58. The van der Waals surface area contributed by atoms with E-state index in [0.717, 1.165) is 0 Å². The van der Waals surface area contributed by atoms with Crippen LogP contribution in [0.1, 0.15) is 23.7 Å². The molecule has 2 fully saturated rings. The molecule has 0 radical (unpaired) electrons. The van der Waals surface area contributed by atoms with Crippen molar-refractivity contribution in [2.75, 3.05) is 6.61 Å². The normalized spacial score (nSPS) is 21.4. The van der Waals surface area contributed by atoms with Crippen molar-refractivity contribution in [3.63, 3.8) is 0 Å². The van der Waals surface area contributed by atoms with Gasteiger partial charge in [0.05, 0.1) is 0 Å². The Hall–Kier alpha value is -1.03.